The Balaban J connectivity index is 1.79. The number of halogens is 2. The standard InChI is InChI=1S/C27H23F2NO3/c1-4-32-26-17(3)27-21(22(15-33-27)18-9-11-19(28)12-10-18)14-20(26)16(2)13-25(31)30-24-8-6-5-7-23(24)29/h5-15H,4H2,1-3H3,(H,30,31)/b16-13+. The van der Waals surface area contributed by atoms with Crippen LogP contribution in [0, 0.1) is 18.6 Å². The van der Waals surface area contributed by atoms with Crippen LogP contribution in [-0.2, 0) is 4.79 Å². The molecule has 0 fully saturated rings. The predicted octanol–water partition coefficient (Wildman–Crippen LogP) is 7.13. The number of fused-ring (bicyclic) bond motifs is 1. The number of rotatable bonds is 6. The minimum absolute atomic E-state index is 0.108. The van der Waals surface area contributed by atoms with Crippen LogP contribution in [0.1, 0.15) is 25.0 Å². The third kappa shape index (κ3) is 4.51. The molecule has 0 spiro atoms. The van der Waals surface area contributed by atoms with Crippen molar-refractivity contribution in [2.45, 2.75) is 20.8 Å². The molecule has 168 valence electrons. The van der Waals surface area contributed by atoms with E-state index in [4.69, 9.17) is 9.15 Å². The summed E-state index contributed by atoms with van der Waals surface area (Å²) in [6, 6.07) is 14.1. The third-order valence-electron chi connectivity index (χ3n) is 5.39. The van der Waals surface area contributed by atoms with Gasteiger partial charge in [0.1, 0.15) is 23.0 Å². The van der Waals surface area contributed by atoms with Crippen LogP contribution in [-0.4, -0.2) is 12.5 Å². The van der Waals surface area contributed by atoms with E-state index in [1.807, 2.05) is 19.9 Å². The summed E-state index contributed by atoms with van der Waals surface area (Å²) in [5.41, 5.74) is 4.53. The number of hydrogen-bond acceptors (Lipinski definition) is 3. The summed E-state index contributed by atoms with van der Waals surface area (Å²) < 4.78 is 39.1. The zero-order chi connectivity index (χ0) is 23.5. The van der Waals surface area contributed by atoms with Gasteiger partial charge in [0.15, 0.2) is 0 Å². The molecule has 4 nitrogen and oxygen atoms in total. The van der Waals surface area contributed by atoms with Crippen molar-refractivity contribution < 1.29 is 22.7 Å². The lowest BCUT2D eigenvalue weighted by molar-refractivity contribution is -0.111. The van der Waals surface area contributed by atoms with Crippen molar-refractivity contribution in [1.82, 2.24) is 0 Å². The Hall–Kier alpha value is -3.93. The van der Waals surface area contributed by atoms with E-state index in [0.29, 0.717) is 23.5 Å². The van der Waals surface area contributed by atoms with Crippen molar-refractivity contribution in [2.75, 3.05) is 11.9 Å². The monoisotopic (exact) mass is 447 g/mol. The van der Waals surface area contributed by atoms with E-state index < -0.39 is 11.7 Å². The molecular formula is C27H23F2NO3. The molecule has 0 unspecified atom stereocenters. The fourth-order valence-corrected chi connectivity index (χ4v) is 3.80. The molecule has 1 aromatic heterocycles. The quantitative estimate of drug-likeness (QED) is 0.320. The predicted molar refractivity (Wildman–Crippen MR) is 126 cm³/mol. The molecule has 33 heavy (non-hydrogen) atoms. The van der Waals surface area contributed by atoms with Gasteiger partial charge in [-0.1, -0.05) is 24.3 Å². The fourth-order valence-electron chi connectivity index (χ4n) is 3.80. The molecule has 0 aliphatic rings. The first-order chi connectivity index (χ1) is 15.9. The molecule has 0 saturated heterocycles. The van der Waals surface area contributed by atoms with Crippen LogP contribution in [0.25, 0.3) is 27.7 Å². The van der Waals surface area contributed by atoms with Gasteiger partial charge in [-0.15, -0.1) is 0 Å². The highest BCUT2D eigenvalue weighted by molar-refractivity contribution is 6.06. The molecule has 4 aromatic rings. The summed E-state index contributed by atoms with van der Waals surface area (Å²) in [5.74, 6) is -0.672. The Morgan fingerprint density at radius 2 is 1.85 bits per heavy atom. The summed E-state index contributed by atoms with van der Waals surface area (Å²) in [6.45, 7) is 5.99. The molecular weight excluding hydrogens is 424 g/mol. The molecule has 3 aromatic carbocycles. The lowest BCUT2D eigenvalue weighted by atomic mass is 9.96. The largest absolute Gasteiger partial charge is 0.493 e. The van der Waals surface area contributed by atoms with E-state index in [0.717, 1.165) is 27.6 Å². The summed E-state index contributed by atoms with van der Waals surface area (Å²) in [5, 5.41) is 3.39. The van der Waals surface area contributed by atoms with Gasteiger partial charge in [0, 0.05) is 28.2 Å². The molecule has 6 heteroatoms. The number of furan rings is 1. The van der Waals surface area contributed by atoms with Gasteiger partial charge >= 0.3 is 0 Å². The van der Waals surface area contributed by atoms with E-state index >= 15 is 0 Å². The summed E-state index contributed by atoms with van der Waals surface area (Å²) in [7, 11) is 0. The van der Waals surface area contributed by atoms with Crippen LogP contribution in [0.15, 0.2) is 71.4 Å². The maximum Gasteiger partial charge on any atom is 0.248 e. The number of anilines is 1. The van der Waals surface area contributed by atoms with E-state index in [1.54, 1.807) is 37.5 Å². The lowest BCUT2D eigenvalue weighted by Crippen LogP contribution is -2.10. The fraction of sp³-hybridized carbons (Fsp3) is 0.148. The normalized spacial score (nSPS) is 11.6. The van der Waals surface area contributed by atoms with Gasteiger partial charge in [-0.25, -0.2) is 8.78 Å². The number of ether oxygens (including phenoxy) is 1. The number of hydrogen-bond donors (Lipinski definition) is 1. The Morgan fingerprint density at radius 3 is 2.55 bits per heavy atom. The number of benzene rings is 3. The molecule has 1 N–H and O–H groups in total. The van der Waals surface area contributed by atoms with E-state index in [1.165, 1.54) is 30.3 Å². The third-order valence-corrected chi connectivity index (χ3v) is 5.39. The van der Waals surface area contributed by atoms with Crippen molar-refractivity contribution in [1.29, 1.82) is 0 Å². The molecule has 0 atom stereocenters. The highest BCUT2D eigenvalue weighted by Crippen LogP contribution is 2.40. The lowest BCUT2D eigenvalue weighted by Gasteiger charge is -2.15. The van der Waals surface area contributed by atoms with Gasteiger partial charge in [0.25, 0.3) is 0 Å². The zero-order valence-electron chi connectivity index (χ0n) is 18.5. The first kappa shape index (κ1) is 22.3. The van der Waals surface area contributed by atoms with Gasteiger partial charge in [-0.3, -0.25) is 4.79 Å². The average molecular weight is 447 g/mol. The van der Waals surface area contributed by atoms with Gasteiger partial charge < -0.3 is 14.5 Å². The first-order valence-corrected chi connectivity index (χ1v) is 10.6. The molecule has 0 saturated carbocycles. The topological polar surface area (TPSA) is 51.5 Å². The minimum atomic E-state index is -0.508. The van der Waals surface area contributed by atoms with E-state index in [9.17, 15) is 13.6 Å². The van der Waals surface area contributed by atoms with Crippen LogP contribution < -0.4 is 10.1 Å². The smallest absolute Gasteiger partial charge is 0.248 e. The van der Waals surface area contributed by atoms with Crippen molar-refractivity contribution in [3.8, 4) is 16.9 Å². The second-order valence-corrected chi connectivity index (χ2v) is 7.64. The van der Waals surface area contributed by atoms with Gasteiger partial charge in [0.05, 0.1) is 18.6 Å². The van der Waals surface area contributed by atoms with Crippen molar-refractivity contribution in [3.05, 3.63) is 89.7 Å². The Morgan fingerprint density at radius 1 is 1.12 bits per heavy atom. The van der Waals surface area contributed by atoms with Gasteiger partial charge in [0.2, 0.25) is 5.91 Å². The molecule has 0 aliphatic carbocycles. The maximum absolute atomic E-state index is 13.9. The number of allylic oxidation sites excluding steroid dienone is 1. The second-order valence-electron chi connectivity index (χ2n) is 7.64. The Labute approximate surface area is 190 Å². The van der Waals surface area contributed by atoms with Crippen molar-refractivity contribution >= 4 is 28.1 Å². The van der Waals surface area contributed by atoms with Crippen LogP contribution >= 0.6 is 0 Å². The van der Waals surface area contributed by atoms with Crippen molar-refractivity contribution in [3.63, 3.8) is 0 Å². The van der Waals surface area contributed by atoms with Gasteiger partial charge in [-0.2, -0.15) is 0 Å². The number of carbonyl (C=O) groups is 1. The molecule has 0 aliphatic heterocycles. The van der Waals surface area contributed by atoms with Crippen LogP contribution in [0.4, 0.5) is 14.5 Å². The summed E-state index contributed by atoms with van der Waals surface area (Å²) in [6.07, 6.45) is 3.04. The molecule has 0 radical (unpaired) electrons. The van der Waals surface area contributed by atoms with Crippen LogP contribution in [0.5, 0.6) is 5.75 Å². The zero-order valence-corrected chi connectivity index (χ0v) is 18.5. The molecule has 0 bridgehead atoms. The number of carbonyl (C=O) groups excluding carboxylic acids is 1. The number of nitrogens with one attached hydrogen (secondary N) is 1. The summed E-state index contributed by atoms with van der Waals surface area (Å²) >= 11 is 0. The van der Waals surface area contributed by atoms with Crippen LogP contribution in [0.2, 0.25) is 0 Å². The van der Waals surface area contributed by atoms with Crippen molar-refractivity contribution in [2.24, 2.45) is 0 Å². The minimum Gasteiger partial charge on any atom is -0.493 e. The average Bonchev–Trinajstić information content (AvgIpc) is 3.22. The Kier molecular flexibility index (Phi) is 6.27. The summed E-state index contributed by atoms with van der Waals surface area (Å²) in [4.78, 5) is 12.6. The highest BCUT2D eigenvalue weighted by atomic mass is 19.1. The van der Waals surface area contributed by atoms with E-state index in [-0.39, 0.29) is 11.5 Å². The SMILES string of the molecule is CCOc1c(/C(C)=C/C(=O)Nc2ccccc2F)cc2c(-c3ccc(F)cc3)coc2c1C. The molecule has 1 heterocycles. The van der Waals surface area contributed by atoms with Gasteiger partial charge in [-0.05, 0) is 62.2 Å². The first-order valence-electron chi connectivity index (χ1n) is 10.6. The number of para-hydroxylation sites is 1. The van der Waals surface area contributed by atoms with E-state index in [2.05, 4.69) is 5.32 Å². The second kappa shape index (κ2) is 9.28. The number of amides is 1. The van der Waals surface area contributed by atoms with Crippen LogP contribution in [0.3, 0.4) is 0 Å². The number of aryl methyl sites for hydroxylation is 1. The Bertz CT molecular complexity index is 1350. The molecule has 4 rings (SSSR count). The maximum atomic E-state index is 13.9. The highest BCUT2D eigenvalue weighted by Gasteiger charge is 2.19. The molecule has 1 amide bonds.